The predicted molar refractivity (Wildman–Crippen MR) is 97.7 cm³/mol. The lowest BCUT2D eigenvalue weighted by molar-refractivity contribution is -0.151. The number of rotatable bonds is 5. The van der Waals surface area contributed by atoms with E-state index in [1.165, 1.54) is 13.3 Å². The lowest BCUT2D eigenvalue weighted by Gasteiger charge is -2.49. The van der Waals surface area contributed by atoms with E-state index in [0.29, 0.717) is 12.6 Å². The van der Waals surface area contributed by atoms with Crippen LogP contribution in [0.25, 0.3) is 0 Å². The van der Waals surface area contributed by atoms with Crippen molar-refractivity contribution in [2.45, 2.75) is 62.7 Å². The molecule has 1 saturated carbocycles. The van der Waals surface area contributed by atoms with Crippen molar-refractivity contribution in [1.29, 1.82) is 0 Å². The third-order valence-corrected chi connectivity index (χ3v) is 7.02. The van der Waals surface area contributed by atoms with Gasteiger partial charge in [-0.3, -0.25) is 9.59 Å². The maximum atomic E-state index is 13.6. The second-order valence-electron chi connectivity index (χ2n) is 8.85. The molecule has 0 radical (unpaired) electrons. The van der Waals surface area contributed by atoms with Gasteiger partial charge >= 0.3 is 0 Å². The number of hydrogen-bond donors (Lipinski definition) is 3. The van der Waals surface area contributed by atoms with E-state index in [1.54, 1.807) is 0 Å². The van der Waals surface area contributed by atoms with Crippen LogP contribution in [0.3, 0.4) is 0 Å². The van der Waals surface area contributed by atoms with Crippen LogP contribution in [0.1, 0.15) is 45.4 Å². The Kier molecular flexibility index (Phi) is 4.52. The molecule has 3 N–H and O–H groups in total. The van der Waals surface area contributed by atoms with Gasteiger partial charge in [-0.1, -0.05) is 0 Å². The molecule has 1 atom stereocenters. The average molecular weight is 364 g/mol. The molecule has 0 aromatic rings. The Balaban J connectivity index is 1.52. The van der Waals surface area contributed by atoms with Crippen molar-refractivity contribution in [2.24, 2.45) is 5.41 Å². The highest BCUT2D eigenvalue weighted by molar-refractivity contribution is 5.87. The third kappa shape index (κ3) is 2.75. The smallest absolute Gasteiger partial charge is 0.231 e. The Morgan fingerprint density at radius 1 is 1.23 bits per heavy atom. The fourth-order valence-corrected chi connectivity index (χ4v) is 5.85. The Hall–Kier alpha value is -1.18. The zero-order valence-electron chi connectivity index (χ0n) is 16.0. The number of hydrogen-bond acceptors (Lipinski definition) is 5. The highest BCUT2D eigenvalue weighted by atomic mass is 16.5. The Bertz CT molecular complexity index is 575. The van der Waals surface area contributed by atoms with Crippen molar-refractivity contribution in [3.8, 4) is 0 Å². The van der Waals surface area contributed by atoms with E-state index in [1.807, 2.05) is 11.9 Å². The first-order valence-electron chi connectivity index (χ1n) is 10.0. The van der Waals surface area contributed by atoms with Crippen LogP contribution in [0.2, 0.25) is 0 Å². The monoisotopic (exact) mass is 364 g/mol. The molecule has 26 heavy (non-hydrogen) atoms. The van der Waals surface area contributed by atoms with Crippen molar-refractivity contribution >= 4 is 11.8 Å². The van der Waals surface area contributed by atoms with Crippen LogP contribution in [-0.4, -0.2) is 73.7 Å². The maximum absolute atomic E-state index is 13.6. The fraction of sp³-hybridized carbons (Fsp3) is 0.895. The first-order chi connectivity index (χ1) is 12.4. The summed E-state index contributed by atoms with van der Waals surface area (Å²) in [6, 6.07) is 0.413. The summed E-state index contributed by atoms with van der Waals surface area (Å²) in [6.07, 6.45) is 5.55. The lowest BCUT2D eigenvalue weighted by atomic mass is 9.53. The molecule has 0 aromatic heterocycles. The highest BCUT2D eigenvalue weighted by Gasteiger charge is 2.77. The molecule has 146 valence electrons. The fourth-order valence-electron chi connectivity index (χ4n) is 5.85. The van der Waals surface area contributed by atoms with Gasteiger partial charge in [0.2, 0.25) is 11.8 Å². The minimum atomic E-state index is -0.416. The van der Waals surface area contributed by atoms with Crippen LogP contribution in [0, 0.1) is 5.41 Å². The van der Waals surface area contributed by atoms with Gasteiger partial charge < -0.3 is 25.6 Å². The van der Waals surface area contributed by atoms with Crippen LogP contribution in [0.15, 0.2) is 0 Å². The largest absolute Gasteiger partial charge is 0.365 e. The minimum absolute atomic E-state index is 0.0394. The molecular weight excluding hydrogens is 332 g/mol. The number of piperidine rings is 1. The number of nitrogens with zero attached hydrogens (tertiary/aromatic N) is 1. The molecule has 0 aromatic carbocycles. The summed E-state index contributed by atoms with van der Waals surface area (Å²) in [5.41, 5.74) is -1.14. The molecule has 1 aliphatic carbocycles. The van der Waals surface area contributed by atoms with Crippen molar-refractivity contribution in [3.63, 3.8) is 0 Å². The van der Waals surface area contributed by atoms with Gasteiger partial charge in [0.1, 0.15) is 0 Å². The van der Waals surface area contributed by atoms with Gasteiger partial charge in [0.25, 0.3) is 0 Å². The van der Waals surface area contributed by atoms with Crippen LogP contribution in [-0.2, 0) is 14.3 Å². The number of likely N-dealkylation sites (N-methyl/N-ethyl adjacent to an activating group) is 1. The van der Waals surface area contributed by atoms with E-state index in [2.05, 4.69) is 16.0 Å². The van der Waals surface area contributed by atoms with Gasteiger partial charge in [-0.05, 0) is 58.2 Å². The molecule has 7 heteroatoms. The molecule has 2 bridgehead atoms. The summed E-state index contributed by atoms with van der Waals surface area (Å²) in [5, 5.41) is 9.80. The molecule has 1 spiro atoms. The van der Waals surface area contributed by atoms with Crippen LogP contribution in [0.5, 0.6) is 0 Å². The first kappa shape index (κ1) is 18.2. The van der Waals surface area contributed by atoms with Crippen molar-refractivity contribution in [3.05, 3.63) is 0 Å². The van der Waals surface area contributed by atoms with Gasteiger partial charge in [-0.25, -0.2) is 0 Å². The quantitative estimate of drug-likeness (QED) is 0.640. The van der Waals surface area contributed by atoms with E-state index in [-0.39, 0.29) is 23.0 Å². The molecule has 7 nitrogen and oxygen atoms in total. The second kappa shape index (κ2) is 6.46. The molecule has 4 heterocycles. The molecule has 4 saturated heterocycles. The van der Waals surface area contributed by atoms with E-state index in [0.717, 1.165) is 58.3 Å². The van der Waals surface area contributed by atoms with E-state index < -0.39 is 5.41 Å². The summed E-state index contributed by atoms with van der Waals surface area (Å²) >= 11 is 0. The molecule has 5 aliphatic rings. The van der Waals surface area contributed by atoms with Gasteiger partial charge in [0, 0.05) is 33.1 Å². The van der Waals surface area contributed by atoms with Crippen molar-refractivity contribution in [1.82, 2.24) is 20.9 Å². The molecule has 5 rings (SSSR count). The number of ether oxygens (including phenoxy) is 1. The van der Waals surface area contributed by atoms with E-state index >= 15 is 0 Å². The minimum Gasteiger partial charge on any atom is -0.365 e. The number of carbonyl (C=O) groups is 2. The number of amides is 2. The Labute approximate surface area is 155 Å². The third-order valence-electron chi connectivity index (χ3n) is 7.02. The summed E-state index contributed by atoms with van der Waals surface area (Å²) in [7, 11) is 1.94. The molecule has 5 fully saturated rings. The summed E-state index contributed by atoms with van der Waals surface area (Å²) in [6.45, 7) is 5.65. The zero-order chi connectivity index (χ0) is 18.4. The van der Waals surface area contributed by atoms with Crippen molar-refractivity contribution in [2.75, 3.05) is 39.8 Å². The molecule has 2 amide bonds. The molecular formula is C19H32N4O3. The summed E-state index contributed by atoms with van der Waals surface area (Å²) in [5.74, 6) is 0.200. The lowest BCUT2D eigenvalue weighted by Crippen LogP contribution is -2.62. The number of carbonyl (C=O) groups excluding carboxylic acids is 2. The molecule has 0 unspecified atom stereocenters. The van der Waals surface area contributed by atoms with Gasteiger partial charge in [-0.15, -0.1) is 0 Å². The SMILES string of the molecule is CC(=O)NCC12CC(C(=O)N(C)C[C@H]3CCCN3)(C1)C1(CCNCC1)O2. The van der Waals surface area contributed by atoms with E-state index in [4.69, 9.17) is 4.74 Å². The first-order valence-corrected chi connectivity index (χ1v) is 10.0. The van der Waals surface area contributed by atoms with Crippen LogP contribution in [0.4, 0.5) is 0 Å². The topological polar surface area (TPSA) is 82.7 Å². The number of nitrogens with one attached hydrogen (secondary N) is 3. The normalized spacial score (nSPS) is 37.4. The summed E-state index contributed by atoms with van der Waals surface area (Å²) < 4.78 is 6.63. The zero-order valence-corrected chi connectivity index (χ0v) is 16.0. The highest BCUT2D eigenvalue weighted by Crippen LogP contribution is 2.69. The standard InChI is InChI=1S/C19H32N4O3/c1-14(24)22-13-17-11-18(12-17,19(26-17)5-8-20-9-6-19)16(25)23(2)10-15-4-3-7-21-15/h15,20-21H,3-13H2,1-2H3,(H,22,24)/t15-,17?,18?/m1/s1. The van der Waals surface area contributed by atoms with Gasteiger partial charge in [-0.2, -0.15) is 0 Å². The Morgan fingerprint density at radius 3 is 2.58 bits per heavy atom. The molecule has 4 aliphatic heterocycles. The predicted octanol–water partition coefficient (Wildman–Crippen LogP) is 0.00430. The van der Waals surface area contributed by atoms with Crippen LogP contribution >= 0.6 is 0 Å². The van der Waals surface area contributed by atoms with Gasteiger partial charge in [0.05, 0.1) is 16.6 Å². The maximum Gasteiger partial charge on any atom is 0.231 e. The Morgan fingerprint density at radius 2 is 1.96 bits per heavy atom. The van der Waals surface area contributed by atoms with Gasteiger partial charge in [0.15, 0.2) is 0 Å². The van der Waals surface area contributed by atoms with E-state index in [9.17, 15) is 9.59 Å². The average Bonchev–Trinajstić information content (AvgIpc) is 3.24. The second-order valence-corrected chi connectivity index (χ2v) is 8.85. The summed E-state index contributed by atoms with van der Waals surface area (Å²) in [4.78, 5) is 26.9. The van der Waals surface area contributed by atoms with Crippen LogP contribution < -0.4 is 16.0 Å². The van der Waals surface area contributed by atoms with Crippen molar-refractivity contribution < 1.29 is 14.3 Å².